The van der Waals surface area contributed by atoms with E-state index in [4.69, 9.17) is 0 Å². The van der Waals surface area contributed by atoms with Gasteiger partial charge in [0.1, 0.15) is 0 Å². The molecule has 0 aliphatic rings. The third-order valence-electron chi connectivity index (χ3n) is 0.995. The van der Waals surface area contributed by atoms with Crippen LogP contribution in [0.2, 0.25) is 0 Å². The summed E-state index contributed by atoms with van der Waals surface area (Å²) in [5, 5.41) is 1.51. The van der Waals surface area contributed by atoms with E-state index in [-0.39, 0.29) is 5.01 Å². The number of thiazole rings is 1. The first-order valence-corrected chi connectivity index (χ1v) is 3.68. The summed E-state index contributed by atoms with van der Waals surface area (Å²) < 4.78 is 24.8. The molecule has 1 rings (SSSR count). The molecule has 1 nitrogen and oxygen atoms in total. The zero-order valence-electron chi connectivity index (χ0n) is 5.69. The van der Waals surface area contributed by atoms with Crippen LogP contribution in [0.4, 0.5) is 8.78 Å². The number of alkyl halides is 2. The van der Waals surface area contributed by atoms with Crippen LogP contribution in [-0.4, -0.2) is 4.98 Å². The first-order valence-electron chi connectivity index (χ1n) is 2.80. The maximum absolute atomic E-state index is 12.4. The standard InChI is InChI=1S/C6H7F2NS/c1-4-3-10-5(9-4)6(2,7)8/h3H,1-2H3. The molecule has 56 valence electrons. The van der Waals surface area contributed by atoms with Crippen molar-refractivity contribution in [2.75, 3.05) is 0 Å². The molecule has 0 radical (unpaired) electrons. The smallest absolute Gasteiger partial charge is 0.240 e. The Kier molecular flexibility index (Phi) is 1.72. The average Bonchev–Trinajstić information content (AvgIpc) is 2.11. The van der Waals surface area contributed by atoms with Crippen LogP contribution >= 0.6 is 11.3 Å². The summed E-state index contributed by atoms with van der Waals surface area (Å²) in [6, 6.07) is 0. The van der Waals surface area contributed by atoms with E-state index in [0.717, 1.165) is 18.3 Å². The molecular formula is C6H7F2NS. The highest BCUT2D eigenvalue weighted by Crippen LogP contribution is 2.29. The summed E-state index contributed by atoms with van der Waals surface area (Å²) in [6.45, 7) is 2.55. The van der Waals surface area contributed by atoms with Gasteiger partial charge in [-0.25, -0.2) is 4.98 Å². The number of nitrogens with zero attached hydrogens (tertiary/aromatic N) is 1. The maximum Gasteiger partial charge on any atom is 0.296 e. The Morgan fingerprint density at radius 3 is 2.40 bits per heavy atom. The molecule has 0 aliphatic heterocycles. The van der Waals surface area contributed by atoms with Crippen molar-refractivity contribution in [1.82, 2.24) is 4.98 Å². The molecule has 0 spiro atoms. The molecule has 0 saturated heterocycles. The Labute approximate surface area is 61.7 Å². The average molecular weight is 163 g/mol. The van der Waals surface area contributed by atoms with Gasteiger partial charge in [-0.3, -0.25) is 0 Å². The van der Waals surface area contributed by atoms with Crippen molar-refractivity contribution >= 4 is 11.3 Å². The monoisotopic (exact) mass is 163 g/mol. The summed E-state index contributed by atoms with van der Waals surface area (Å²) in [4.78, 5) is 3.65. The molecule has 0 atom stereocenters. The first-order chi connectivity index (χ1) is 4.50. The summed E-state index contributed by atoms with van der Waals surface area (Å²) in [7, 11) is 0. The second kappa shape index (κ2) is 2.27. The normalized spacial score (nSPS) is 12.0. The molecule has 0 bridgehead atoms. The van der Waals surface area contributed by atoms with E-state index in [1.807, 2.05) is 0 Å². The second-order valence-corrected chi connectivity index (χ2v) is 3.04. The minimum absolute atomic E-state index is 0.106. The zero-order valence-corrected chi connectivity index (χ0v) is 6.51. The largest absolute Gasteiger partial charge is 0.296 e. The van der Waals surface area contributed by atoms with Gasteiger partial charge in [0.2, 0.25) is 0 Å². The maximum atomic E-state index is 12.4. The lowest BCUT2D eigenvalue weighted by molar-refractivity contribution is 0.0171. The van der Waals surface area contributed by atoms with Crippen molar-refractivity contribution in [2.45, 2.75) is 19.8 Å². The Morgan fingerprint density at radius 1 is 1.60 bits per heavy atom. The third-order valence-corrected chi connectivity index (χ3v) is 2.13. The van der Waals surface area contributed by atoms with E-state index >= 15 is 0 Å². The quantitative estimate of drug-likeness (QED) is 0.620. The minimum atomic E-state index is -2.78. The first kappa shape index (κ1) is 7.60. The van der Waals surface area contributed by atoms with Crippen molar-refractivity contribution in [1.29, 1.82) is 0 Å². The third kappa shape index (κ3) is 1.50. The molecule has 1 aromatic heterocycles. The molecule has 10 heavy (non-hydrogen) atoms. The molecule has 1 aromatic rings. The van der Waals surface area contributed by atoms with Crippen LogP contribution in [0.1, 0.15) is 17.6 Å². The molecule has 0 aromatic carbocycles. The molecule has 0 fully saturated rings. The Balaban J connectivity index is 2.96. The van der Waals surface area contributed by atoms with E-state index in [1.165, 1.54) is 0 Å². The summed E-state index contributed by atoms with van der Waals surface area (Å²) in [6.07, 6.45) is 0. The van der Waals surface area contributed by atoms with Crippen molar-refractivity contribution in [3.8, 4) is 0 Å². The van der Waals surface area contributed by atoms with Crippen molar-refractivity contribution in [3.63, 3.8) is 0 Å². The Hall–Kier alpha value is -0.510. The van der Waals surface area contributed by atoms with Crippen LogP contribution in [0.5, 0.6) is 0 Å². The molecule has 4 heteroatoms. The fraction of sp³-hybridized carbons (Fsp3) is 0.500. The van der Waals surface area contributed by atoms with E-state index in [2.05, 4.69) is 4.98 Å². The Bertz CT molecular complexity index is 226. The molecule has 0 aliphatic carbocycles. The van der Waals surface area contributed by atoms with Crippen LogP contribution < -0.4 is 0 Å². The van der Waals surface area contributed by atoms with E-state index in [9.17, 15) is 8.78 Å². The highest BCUT2D eigenvalue weighted by molar-refractivity contribution is 7.09. The van der Waals surface area contributed by atoms with Crippen molar-refractivity contribution in [3.05, 3.63) is 16.1 Å². The molecule has 0 N–H and O–H groups in total. The lowest BCUT2D eigenvalue weighted by Gasteiger charge is -2.03. The summed E-state index contributed by atoms with van der Waals surface area (Å²) in [5.74, 6) is -2.78. The predicted octanol–water partition coefficient (Wildman–Crippen LogP) is 2.56. The van der Waals surface area contributed by atoms with Gasteiger partial charge in [-0.05, 0) is 6.92 Å². The molecule has 0 unspecified atom stereocenters. The lowest BCUT2D eigenvalue weighted by Crippen LogP contribution is -2.05. The summed E-state index contributed by atoms with van der Waals surface area (Å²) in [5.41, 5.74) is 0.654. The molecule has 1 heterocycles. The SMILES string of the molecule is Cc1csc(C(C)(F)F)n1. The van der Waals surface area contributed by atoms with E-state index in [1.54, 1.807) is 12.3 Å². The summed E-state index contributed by atoms with van der Waals surface area (Å²) >= 11 is 0.995. The molecule has 0 amide bonds. The van der Waals surface area contributed by atoms with Gasteiger partial charge in [-0.1, -0.05) is 0 Å². The fourth-order valence-corrected chi connectivity index (χ4v) is 1.29. The van der Waals surface area contributed by atoms with Crippen LogP contribution in [0.3, 0.4) is 0 Å². The number of hydrogen-bond acceptors (Lipinski definition) is 2. The van der Waals surface area contributed by atoms with Crippen LogP contribution in [0.15, 0.2) is 5.38 Å². The van der Waals surface area contributed by atoms with Crippen molar-refractivity contribution in [2.24, 2.45) is 0 Å². The van der Waals surface area contributed by atoms with Gasteiger partial charge in [-0.2, -0.15) is 8.78 Å². The fourth-order valence-electron chi connectivity index (χ4n) is 0.556. The topological polar surface area (TPSA) is 12.9 Å². The molecule has 0 saturated carbocycles. The predicted molar refractivity (Wildman–Crippen MR) is 36.4 cm³/mol. The van der Waals surface area contributed by atoms with Crippen LogP contribution in [0, 0.1) is 6.92 Å². The van der Waals surface area contributed by atoms with Crippen molar-refractivity contribution < 1.29 is 8.78 Å². The van der Waals surface area contributed by atoms with Crippen LogP contribution in [-0.2, 0) is 5.92 Å². The van der Waals surface area contributed by atoms with Gasteiger partial charge < -0.3 is 0 Å². The number of rotatable bonds is 1. The van der Waals surface area contributed by atoms with Crippen LogP contribution in [0.25, 0.3) is 0 Å². The number of aromatic nitrogens is 1. The molecular weight excluding hydrogens is 156 g/mol. The van der Waals surface area contributed by atoms with E-state index < -0.39 is 5.92 Å². The van der Waals surface area contributed by atoms with Gasteiger partial charge in [0.05, 0.1) is 0 Å². The van der Waals surface area contributed by atoms with E-state index in [0.29, 0.717) is 5.69 Å². The second-order valence-electron chi connectivity index (χ2n) is 2.18. The number of aryl methyl sites for hydroxylation is 1. The lowest BCUT2D eigenvalue weighted by atomic mass is 10.4. The minimum Gasteiger partial charge on any atom is -0.240 e. The van der Waals surface area contributed by atoms with Gasteiger partial charge in [0, 0.05) is 18.0 Å². The highest BCUT2D eigenvalue weighted by atomic mass is 32.1. The Morgan fingerprint density at radius 2 is 2.20 bits per heavy atom. The highest BCUT2D eigenvalue weighted by Gasteiger charge is 2.27. The number of halogens is 2. The zero-order chi connectivity index (χ0) is 7.78. The van der Waals surface area contributed by atoms with Gasteiger partial charge in [0.15, 0.2) is 5.01 Å². The number of hydrogen-bond donors (Lipinski definition) is 0. The van der Waals surface area contributed by atoms with Gasteiger partial charge in [-0.15, -0.1) is 11.3 Å². The van der Waals surface area contributed by atoms with Gasteiger partial charge in [0.25, 0.3) is 5.92 Å². The van der Waals surface area contributed by atoms with Gasteiger partial charge >= 0.3 is 0 Å².